The van der Waals surface area contributed by atoms with Gasteiger partial charge in [0.2, 0.25) is 0 Å². The maximum Gasteiger partial charge on any atom is 0.341 e. The zero-order chi connectivity index (χ0) is 14.5. The number of esters is 1. The normalized spacial score (nSPS) is 12.2. The molecule has 20 heavy (non-hydrogen) atoms. The van der Waals surface area contributed by atoms with Gasteiger partial charge in [-0.25, -0.2) is 9.48 Å². The number of hydrogen-bond acceptors (Lipinski definition) is 4. The van der Waals surface area contributed by atoms with Gasteiger partial charge in [-0.1, -0.05) is 19.1 Å². The molecular weight excluding hydrogens is 254 g/mol. The second-order valence-corrected chi connectivity index (χ2v) is 4.50. The summed E-state index contributed by atoms with van der Waals surface area (Å²) < 4.78 is 6.58. The first kappa shape index (κ1) is 14.3. The molecule has 0 bridgehead atoms. The van der Waals surface area contributed by atoms with E-state index in [0.717, 1.165) is 17.7 Å². The van der Waals surface area contributed by atoms with Gasteiger partial charge in [0.1, 0.15) is 0 Å². The number of rotatable bonds is 5. The quantitative estimate of drug-likeness (QED) is 0.849. The third-order valence-electron chi connectivity index (χ3n) is 3.12. The zero-order valence-corrected chi connectivity index (χ0v) is 11.7. The van der Waals surface area contributed by atoms with Crippen molar-refractivity contribution in [1.29, 1.82) is 0 Å². The molecule has 5 nitrogen and oxygen atoms in total. The summed E-state index contributed by atoms with van der Waals surface area (Å²) >= 11 is 0. The maximum absolute atomic E-state index is 11.6. The van der Waals surface area contributed by atoms with Gasteiger partial charge in [-0.2, -0.15) is 5.10 Å². The lowest BCUT2D eigenvalue weighted by molar-refractivity contribution is 0.0526. The topological polar surface area (TPSA) is 70.1 Å². The molecule has 1 aromatic heterocycles. The third-order valence-corrected chi connectivity index (χ3v) is 3.12. The van der Waals surface area contributed by atoms with Crippen molar-refractivity contribution in [2.24, 2.45) is 5.73 Å². The van der Waals surface area contributed by atoms with Crippen LogP contribution in [0, 0.1) is 0 Å². The van der Waals surface area contributed by atoms with E-state index in [1.54, 1.807) is 17.8 Å². The smallest absolute Gasteiger partial charge is 0.341 e. The van der Waals surface area contributed by atoms with Crippen LogP contribution < -0.4 is 5.73 Å². The summed E-state index contributed by atoms with van der Waals surface area (Å²) in [5.41, 5.74) is 8.40. The molecule has 0 fully saturated rings. The Morgan fingerprint density at radius 2 is 2.05 bits per heavy atom. The molecule has 0 spiro atoms. The molecule has 0 aliphatic carbocycles. The Kier molecular flexibility index (Phi) is 4.53. The van der Waals surface area contributed by atoms with Crippen molar-refractivity contribution in [2.75, 3.05) is 6.61 Å². The van der Waals surface area contributed by atoms with Crippen molar-refractivity contribution >= 4 is 5.97 Å². The van der Waals surface area contributed by atoms with E-state index in [1.165, 1.54) is 6.20 Å². The van der Waals surface area contributed by atoms with Crippen LogP contribution in [0.4, 0.5) is 0 Å². The zero-order valence-electron chi connectivity index (χ0n) is 11.7. The van der Waals surface area contributed by atoms with Gasteiger partial charge in [0.05, 0.1) is 24.1 Å². The van der Waals surface area contributed by atoms with Crippen LogP contribution >= 0.6 is 0 Å². The lowest BCUT2D eigenvalue weighted by atomic mass is 10.1. The van der Waals surface area contributed by atoms with Crippen LogP contribution in [0.2, 0.25) is 0 Å². The molecule has 0 saturated heterocycles. The van der Waals surface area contributed by atoms with E-state index in [9.17, 15) is 4.79 Å². The Morgan fingerprint density at radius 1 is 1.35 bits per heavy atom. The molecular formula is C15H19N3O2. The minimum absolute atomic E-state index is 0.0526. The highest BCUT2D eigenvalue weighted by Crippen LogP contribution is 2.16. The lowest BCUT2D eigenvalue weighted by Crippen LogP contribution is -2.08. The van der Waals surface area contributed by atoms with Gasteiger partial charge in [-0.15, -0.1) is 0 Å². The molecule has 2 aromatic rings. The first-order valence-electron chi connectivity index (χ1n) is 6.73. The summed E-state index contributed by atoms with van der Waals surface area (Å²) in [4.78, 5) is 11.6. The molecule has 0 radical (unpaired) electrons. The van der Waals surface area contributed by atoms with Gasteiger partial charge in [-0.05, 0) is 31.0 Å². The van der Waals surface area contributed by atoms with Crippen LogP contribution in [-0.4, -0.2) is 22.4 Å². The van der Waals surface area contributed by atoms with Gasteiger partial charge in [0.15, 0.2) is 0 Å². The Labute approximate surface area is 118 Å². The lowest BCUT2D eigenvalue weighted by Gasteiger charge is -2.09. The fraction of sp³-hybridized carbons (Fsp3) is 0.333. The first-order valence-corrected chi connectivity index (χ1v) is 6.73. The second kappa shape index (κ2) is 6.34. The van der Waals surface area contributed by atoms with Crippen LogP contribution in [0.15, 0.2) is 36.7 Å². The largest absolute Gasteiger partial charge is 0.462 e. The molecule has 1 atom stereocenters. The Bertz CT molecular complexity index is 575. The fourth-order valence-corrected chi connectivity index (χ4v) is 1.89. The molecule has 0 aliphatic rings. The summed E-state index contributed by atoms with van der Waals surface area (Å²) in [7, 11) is 0. The summed E-state index contributed by atoms with van der Waals surface area (Å²) in [5.74, 6) is -0.358. The van der Waals surface area contributed by atoms with Crippen LogP contribution in [0.25, 0.3) is 5.69 Å². The average Bonchev–Trinajstić information content (AvgIpc) is 2.97. The van der Waals surface area contributed by atoms with Crippen molar-refractivity contribution in [3.05, 3.63) is 47.8 Å². The maximum atomic E-state index is 11.6. The molecule has 0 unspecified atom stereocenters. The van der Waals surface area contributed by atoms with Crippen LogP contribution in [0.3, 0.4) is 0 Å². The molecule has 1 heterocycles. The van der Waals surface area contributed by atoms with Crippen molar-refractivity contribution in [3.8, 4) is 5.69 Å². The summed E-state index contributed by atoms with van der Waals surface area (Å²) in [5, 5.41) is 4.17. The van der Waals surface area contributed by atoms with E-state index in [2.05, 4.69) is 12.0 Å². The highest BCUT2D eigenvalue weighted by Gasteiger charge is 2.10. The average molecular weight is 273 g/mol. The summed E-state index contributed by atoms with van der Waals surface area (Å²) in [6.07, 6.45) is 4.06. The van der Waals surface area contributed by atoms with E-state index < -0.39 is 0 Å². The predicted molar refractivity (Wildman–Crippen MR) is 76.7 cm³/mol. The summed E-state index contributed by atoms with van der Waals surface area (Å²) in [6.45, 7) is 4.18. The van der Waals surface area contributed by atoms with Crippen molar-refractivity contribution in [2.45, 2.75) is 26.3 Å². The van der Waals surface area contributed by atoms with Crippen molar-refractivity contribution in [1.82, 2.24) is 9.78 Å². The van der Waals surface area contributed by atoms with E-state index >= 15 is 0 Å². The molecule has 5 heteroatoms. The van der Waals surface area contributed by atoms with Gasteiger partial charge >= 0.3 is 5.97 Å². The number of carbonyl (C=O) groups excluding carboxylic acids is 1. The molecule has 0 aliphatic heterocycles. The standard InChI is InChI=1S/C15H19N3O2/c1-3-14(16)11-5-7-13(8-6-11)18-10-12(9-17-18)15(19)20-4-2/h5-10,14H,3-4,16H2,1-2H3/t14-/m1/s1. The minimum Gasteiger partial charge on any atom is -0.462 e. The highest BCUT2D eigenvalue weighted by atomic mass is 16.5. The first-order chi connectivity index (χ1) is 9.65. The number of ether oxygens (including phenoxy) is 1. The predicted octanol–water partition coefficient (Wildman–Crippen LogP) is 2.46. The van der Waals surface area contributed by atoms with Crippen LogP contribution in [0.1, 0.15) is 42.2 Å². The van der Waals surface area contributed by atoms with Gasteiger partial charge in [0.25, 0.3) is 0 Å². The second-order valence-electron chi connectivity index (χ2n) is 4.50. The van der Waals surface area contributed by atoms with E-state index in [4.69, 9.17) is 10.5 Å². The van der Waals surface area contributed by atoms with E-state index in [-0.39, 0.29) is 12.0 Å². The minimum atomic E-state index is -0.358. The van der Waals surface area contributed by atoms with E-state index in [0.29, 0.717) is 12.2 Å². The number of benzene rings is 1. The van der Waals surface area contributed by atoms with Crippen molar-refractivity contribution < 1.29 is 9.53 Å². The van der Waals surface area contributed by atoms with Crippen LogP contribution in [0.5, 0.6) is 0 Å². The summed E-state index contributed by atoms with van der Waals surface area (Å²) in [6, 6.07) is 7.89. The number of carbonyl (C=O) groups is 1. The molecule has 0 amide bonds. The molecule has 2 rings (SSSR count). The molecule has 2 N–H and O–H groups in total. The van der Waals surface area contributed by atoms with Crippen molar-refractivity contribution in [3.63, 3.8) is 0 Å². The van der Waals surface area contributed by atoms with E-state index in [1.807, 2.05) is 24.3 Å². The number of nitrogens with zero attached hydrogens (tertiary/aromatic N) is 2. The third kappa shape index (κ3) is 3.05. The van der Waals surface area contributed by atoms with Crippen LogP contribution in [-0.2, 0) is 4.74 Å². The molecule has 0 saturated carbocycles. The van der Waals surface area contributed by atoms with Gasteiger partial charge < -0.3 is 10.5 Å². The molecule has 1 aromatic carbocycles. The highest BCUT2D eigenvalue weighted by molar-refractivity contribution is 5.88. The Morgan fingerprint density at radius 3 is 2.65 bits per heavy atom. The number of nitrogens with two attached hydrogens (primary N) is 1. The Hall–Kier alpha value is -2.14. The SMILES string of the molecule is CCOC(=O)c1cnn(-c2ccc([C@H](N)CC)cc2)c1. The van der Waals surface area contributed by atoms with Gasteiger partial charge in [0, 0.05) is 12.2 Å². The number of aromatic nitrogens is 2. The Balaban J connectivity index is 2.18. The molecule has 106 valence electrons. The number of hydrogen-bond donors (Lipinski definition) is 1. The van der Waals surface area contributed by atoms with Gasteiger partial charge in [-0.3, -0.25) is 0 Å². The monoisotopic (exact) mass is 273 g/mol. The fourth-order valence-electron chi connectivity index (χ4n) is 1.89.